The van der Waals surface area contributed by atoms with Gasteiger partial charge in [-0.15, -0.1) is 0 Å². The average molecular weight is 247 g/mol. The molecule has 0 radical (unpaired) electrons. The highest BCUT2D eigenvalue weighted by Crippen LogP contribution is 2.18. The first-order valence-electron chi connectivity index (χ1n) is 7.02. The van der Waals surface area contributed by atoms with Gasteiger partial charge in [0.15, 0.2) is 0 Å². The van der Waals surface area contributed by atoms with Crippen molar-refractivity contribution < 1.29 is 0 Å². The SMILES string of the molecule is CCC1(C)CN(CCc2ccccn2)C(C)CN1. The number of hydrogen-bond donors (Lipinski definition) is 1. The van der Waals surface area contributed by atoms with Crippen molar-refractivity contribution in [1.29, 1.82) is 0 Å². The van der Waals surface area contributed by atoms with Gasteiger partial charge in [-0.05, 0) is 32.4 Å². The van der Waals surface area contributed by atoms with Gasteiger partial charge in [0.2, 0.25) is 0 Å². The van der Waals surface area contributed by atoms with E-state index in [1.54, 1.807) is 0 Å². The zero-order valence-corrected chi connectivity index (χ0v) is 11.8. The number of pyridine rings is 1. The van der Waals surface area contributed by atoms with Crippen LogP contribution in [0, 0.1) is 0 Å². The summed E-state index contributed by atoms with van der Waals surface area (Å²) in [5.41, 5.74) is 1.47. The van der Waals surface area contributed by atoms with E-state index in [-0.39, 0.29) is 5.54 Å². The Morgan fingerprint density at radius 2 is 2.33 bits per heavy atom. The molecule has 0 aliphatic carbocycles. The molecule has 0 spiro atoms. The van der Waals surface area contributed by atoms with E-state index in [2.05, 4.69) is 48.1 Å². The molecule has 0 saturated carbocycles. The fraction of sp³-hybridized carbons (Fsp3) is 0.667. The van der Waals surface area contributed by atoms with E-state index < -0.39 is 0 Å². The van der Waals surface area contributed by atoms with Crippen LogP contribution in [0.2, 0.25) is 0 Å². The van der Waals surface area contributed by atoms with Gasteiger partial charge in [0.1, 0.15) is 0 Å². The molecule has 1 aliphatic heterocycles. The van der Waals surface area contributed by atoms with Gasteiger partial charge in [0, 0.05) is 49.5 Å². The highest BCUT2D eigenvalue weighted by molar-refractivity contribution is 5.04. The van der Waals surface area contributed by atoms with E-state index in [0.717, 1.165) is 26.1 Å². The number of nitrogens with zero attached hydrogens (tertiary/aromatic N) is 2. The molecule has 0 aromatic carbocycles. The minimum atomic E-state index is 0.274. The van der Waals surface area contributed by atoms with Gasteiger partial charge < -0.3 is 5.32 Å². The maximum atomic E-state index is 4.40. The molecule has 3 heteroatoms. The second-order valence-corrected chi connectivity index (χ2v) is 5.69. The van der Waals surface area contributed by atoms with Crippen molar-refractivity contribution in [1.82, 2.24) is 15.2 Å². The molecule has 1 aromatic heterocycles. The lowest BCUT2D eigenvalue weighted by atomic mass is 9.93. The fourth-order valence-electron chi connectivity index (χ4n) is 2.52. The van der Waals surface area contributed by atoms with Gasteiger partial charge in [0.05, 0.1) is 0 Å². The highest BCUT2D eigenvalue weighted by atomic mass is 15.2. The highest BCUT2D eigenvalue weighted by Gasteiger charge is 2.32. The lowest BCUT2D eigenvalue weighted by Gasteiger charge is -2.45. The fourth-order valence-corrected chi connectivity index (χ4v) is 2.52. The van der Waals surface area contributed by atoms with Gasteiger partial charge in [-0.3, -0.25) is 9.88 Å². The Kier molecular flexibility index (Phi) is 4.36. The summed E-state index contributed by atoms with van der Waals surface area (Å²) in [6, 6.07) is 6.78. The predicted octanol–water partition coefficient (Wildman–Crippen LogP) is 2.09. The Morgan fingerprint density at radius 3 is 3.00 bits per heavy atom. The van der Waals surface area contributed by atoms with E-state index in [0.29, 0.717) is 6.04 Å². The third-order valence-corrected chi connectivity index (χ3v) is 4.16. The molecule has 1 N–H and O–H groups in total. The number of rotatable bonds is 4. The Labute approximate surface area is 111 Å². The molecular weight excluding hydrogens is 222 g/mol. The summed E-state index contributed by atoms with van der Waals surface area (Å²) in [7, 11) is 0. The Morgan fingerprint density at radius 1 is 1.50 bits per heavy atom. The third kappa shape index (κ3) is 3.30. The first-order chi connectivity index (χ1) is 8.63. The molecule has 0 amide bonds. The van der Waals surface area contributed by atoms with Crippen LogP contribution < -0.4 is 5.32 Å². The Hall–Kier alpha value is -0.930. The van der Waals surface area contributed by atoms with Gasteiger partial charge in [-0.2, -0.15) is 0 Å². The van der Waals surface area contributed by atoms with Crippen LogP contribution in [0.15, 0.2) is 24.4 Å². The maximum absolute atomic E-state index is 4.40. The Balaban J connectivity index is 1.91. The molecule has 18 heavy (non-hydrogen) atoms. The largest absolute Gasteiger partial charge is 0.309 e. The summed E-state index contributed by atoms with van der Waals surface area (Å²) >= 11 is 0. The molecular formula is C15H25N3. The minimum absolute atomic E-state index is 0.274. The average Bonchev–Trinajstić information content (AvgIpc) is 2.41. The summed E-state index contributed by atoms with van der Waals surface area (Å²) in [6.45, 7) is 10.2. The molecule has 2 rings (SSSR count). The van der Waals surface area contributed by atoms with Crippen LogP contribution in [0.1, 0.15) is 32.9 Å². The number of aromatic nitrogens is 1. The molecule has 2 unspecified atom stereocenters. The molecule has 1 saturated heterocycles. The number of hydrogen-bond acceptors (Lipinski definition) is 3. The lowest BCUT2D eigenvalue weighted by Crippen LogP contribution is -2.62. The molecule has 0 bridgehead atoms. The molecule has 2 heterocycles. The van der Waals surface area contributed by atoms with Crippen molar-refractivity contribution >= 4 is 0 Å². The van der Waals surface area contributed by atoms with Crippen molar-refractivity contribution in [2.75, 3.05) is 19.6 Å². The second-order valence-electron chi connectivity index (χ2n) is 5.69. The predicted molar refractivity (Wildman–Crippen MR) is 75.7 cm³/mol. The summed E-state index contributed by atoms with van der Waals surface area (Å²) in [5.74, 6) is 0. The van der Waals surface area contributed by atoms with E-state index in [9.17, 15) is 0 Å². The maximum Gasteiger partial charge on any atom is 0.0416 e. The molecule has 1 aromatic rings. The third-order valence-electron chi connectivity index (χ3n) is 4.16. The number of nitrogens with one attached hydrogen (secondary N) is 1. The van der Waals surface area contributed by atoms with Crippen LogP contribution >= 0.6 is 0 Å². The van der Waals surface area contributed by atoms with Crippen LogP contribution in [0.3, 0.4) is 0 Å². The van der Waals surface area contributed by atoms with E-state index in [1.165, 1.54) is 12.1 Å². The van der Waals surface area contributed by atoms with Crippen molar-refractivity contribution in [3.63, 3.8) is 0 Å². The van der Waals surface area contributed by atoms with Crippen LogP contribution in [0.25, 0.3) is 0 Å². The Bertz CT molecular complexity index is 365. The van der Waals surface area contributed by atoms with Gasteiger partial charge in [-0.25, -0.2) is 0 Å². The van der Waals surface area contributed by atoms with Gasteiger partial charge >= 0.3 is 0 Å². The number of piperazine rings is 1. The normalized spacial score (nSPS) is 29.4. The van der Waals surface area contributed by atoms with Crippen molar-refractivity contribution in [2.45, 2.75) is 45.2 Å². The standard InChI is InChI=1S/C15H25N3/c1-4-15(3)12-18(13(2)11-17-15)10-8-14-7-5-6-9-16-14/h5-7,9,13,17H,4,8,10-12H2,1-3H3. The quantitative estimate of drug-likeness (QED) is 0.883. The second kappa shape index (κ2) is 5.81. The topological polar surface area (TPSA) is 28.2 Å². The summed E-state index contributed by atoms with van der Waals surface area (Å²) in [6.07, 6.45) is 4.11. The lowest BCUT2D eigenvalue weighted by molar-refractivity contribution is 0.0941. The van der Waals surface area contributed by atoms with E-state index >= 15 is 0 Å². The zero-order chi connectivity index (χ0) is 13.0. The monoisotopic (exact) mass is 247 g/mol. The van der Waals surface area contributed by atoms with Crippen LogP contribution in [-0.4, -0.2) is 41.1 Å². The van der Waals surface area contributed by atoms with Crippen molar-refractivity contribution in [3.05, 3.63) is 30.1 Å². The molecule has 2 atom stereocenters. The summed E-state index contributed by atoms with van der Waals surface area (Å²) in [4.78, 5) is 6.99. The van der Waals surface area contributed by atoms with Crippen LogP contribution in [0.4, 0.5) is 0 Å². The smallest absolute Gasteiger partial charge is 0.0416 e. The van der Waals surface area contributed by atoms with Crippen molar-refractivity contribution in [3.8, 4) is 0 Å². The molecule has 1 aliphatic rings. The van der Waals surface area contributed by atoms with Gasteiger partial charge in [-0.1, -0.05) is 13.0 Å². The van der Waals surface area contributed by atoms with Crippen LogP contribution in [-0.2, 0) is 6.42 Å². The minimum Gasteiger partial charge on any atom is -0.309 e. The molecule has 1 fully saturated rings. The molecule has 3 nitrogen and oxygen atoms in total. The summed E-state index contributed by atoms with van der Waals surface area (Å²) in [5, 5.41) is 3.67. The van der Waals surface area contributed by atoms with Gasteiger partial charge in [0.25, 0.3) is 0 Å². The molecule has 100 valence electrons. The van der Waals surface area contributed by atoms with Crippen molar-refractivity contribution in [2.24, 2.45) is 0 Å². The van der Waals surface area contributed by atoms with E-state index in [4.69, 9.17) is 0 Å². The first-order valence-corrected chi connectivity index (χ1v) is 7.02. The van der Waals surface area contributed by atoms with E-state index in [1.807, 2.05) is 12.3 Å². The first kappa shape index (κ1) is 13.5. The van der Waals surface area contributed by atoms with Crippen LogP contribution in [0.5, 0.6) is 0 Å². The zero-order valence-electron chi connectivity index (χ0n) is 11.8. The summed E-state index contributed by atoms with van der Waals surface area (Å²) < 4.78 is 0.